The molecule has 0 spiro atoms. The third-order valence-electron chi connectivity index (χ3n) is 1.34. The number of aromatic nitrogens is 1. The molecule has 0 saturated carbocycles. The Bertz CT molecular complexity index is 286. The summed E-state index contributed by atoms with van der Waals surface area (Å²) in [6, 6.07) is 3.80. The fourth-order valence-electron chi connectivity index (χ4n) is 0.725. The number of halogens is 1. The van der Waals surface area contributed by atoms with Crippen molar-refractivity contribution in [2.75, 3.05) is 5.32 Å². The van der Waals surface area contributed by atoms with E-state index in [-0.39, 0.29) is 6.04 Å². The standard InChI is InChI=1S/C9H9BrN2/c1-3-7(2)12-9-5-4-8(10)6-11-9/h1,4-7H,2H3,(H,11,12). The third-order valence-corrected chi connectivity index (χ3v) is 1.81. The van der Waals surface area contributed by atoms with Crippen molar-refractivity contribution in [3.8, 4) is 12.3 Å². The molecule has 0 aliphatic rings. The second kappa shape index (κ2) is 4.13. The highest BCUT2D eigenvalue weighted by molar-refractivity contribution is 9.10. The molecule has 0 saturated heterocycles. The summed E-state index contributed by atoms with van der Waals surface area (Å²) in [6.07, 6.45) is 6.93. The van der Waals surface area contributed by atoms with Crippen LogP contribution in [0.3, 0.4) is 0 Å². The molecule has 1 unspecified atom stereocenters. The third kappa shape index (κ3) is 2.55. The Morgan fingerprint density at radius 1 is 1.67 bits per heavy atom. The van der Waals surface area contributed by atoms with Crippen molar-refractivity contribution >= 4 is 21.7 Å². The second-order valence-electron chi connectivity index (χ2n) is 2.39. The summed E-state index contributed by atoms with van der Waals surface area (Å²) in [6.45, 7) is 1.91. The molecule has 0 aromatic carbocycles. The summed E-state index contributed by atoms with van der Waals surface area (Å²) in [4.78, 5) is 4.11. The van der Waals surface area contributed by atoms with Crippen LogP contribution in [0.15, 0.2) is 22.8 Å². The highest BCUT2D eigenvalue weighted by Gasteiger charge is 1.96. The second-order valence-corrected chi connectivity index (χ2v) is 3.31. The van der Waals surface area contributed by atoms with E-state index in [0.717, 1.165) is 10.3 Å². The van der Waals surface area contributed by atoms with E-state index < -0.39 is 0 Å². The van der Waals surface area contributed by atoms with Crippen molar-refractivity contribution in [1.29, 1.82) is 0 Å². The molecular formula is C9H9BrN2. The fourth-order valence-corrected chi connectivity index (χ4v) is 0.959. The van der Waals surface area contributed by atoms with Gasteiger partial charge in [-0.2, -0.15) is 0 Å². The number of pyridine rings is 1. The molecule has 0 radical (unpaired) electrons. The van der Waals surface area contributed by atoms with Crippen LogP contribution in [0.25, 0.3) is 0 Å². The molecule has 1 N–H and O–H groups in total. The maximum atomic E-state index is 5.20. The van der Waals surface area contributed by atoms with E-state index in [1.54, 1.807) is 6.20 Å². The first-order chi connectivity index (χ1) is 5.72. The number of nitrogens with one attached hydrogen (secondary N) is 1. The summed E-state index contributed by atoms with van der Waals surface area (Å²) in [5.74, 6) is 3.36. The zero-order valence-corrected chi connectivity index (χ0v) is 8.30. The van der Waals surface area contributed by atoms with Crippen LogP contribution in [-0.4, -0.2) is 11.0 Å². The van der Waals surface area contributed by atoms with Gasteiger partial charge in [-0.15, -0.1) is 6.42 Å². The van der Waals surface area contributed by atoms with Crippen LogP contribution in [-0.2, 0) is 0 Å². The number of rotatable bonds is 2. The van der Waals surface area contributed by atoms with Crippen LogP contribution in [0.4, 0.5) is 5.82 Å². The first-order valence-corrected chi connectivity index (χ1v) is 4.36. The van der Waals surface area contributed by atoms with Gasteiger partial charge in [-0.25, -0.2) is 4.98 Å². The van der Waals surface area contributed by atoms with Gasteiger partial charge in [0.1, 0.15) is 5.82 Å². The minimum atomic E-state index is 0.0127. The van der Waals surface area contributed by atoms with Crippen molar-refractivity contribution in [3.63, 3.8) is 0 Å². The molecule has 2 nitrogen and oxygen atoms in total. The van der Waals surface area contributed by atoms with Gasteiger partial charge in [0.2, 0.25) is 0 Å². The van der Waals surface area contributed by atoms with Crippen LogP contribution in [0.1, 0.15) is 6.92 Å². The molecule has 3 heteroatoms. The molecule has 0 amide bonds. The van der Waals surface area contributed by atoms with E-state index in [9.17, 15) is 0 Å². The first-order valence-electron chi connectivity index (χ1n) is 3.56. The van der Waals surface area contributed by atoms with Crippen LogP contribution < -0.4 is 5.32 Å². The highest BCUT2D eigenvalue weighted by atomic mass is 79.9. The SMILES string of the molecule is C#CC(C)Nc1ccc(Br)cn1. The Balaban J connectivity index is 2.66. The van der Waals surface area contributed by atoms with Gasteiger partial charge in [0, 0.05) is 10.7 Å². The maximum Gasteiger partial charge on any atom is 0.126 e. The van der Waals surface area contributed by atoms with Crippen molar-refractivity contribution < 1.29 is 0 Å². The number of anilines is 1. The lowest BCUT2D eigenvalue weighted by Crippen LogP contribution is -2.12. The lowest BCUT2D eigenvalue weighted by atomic mass is 10.3. The fraction of sp³-hybridized carbons (Fsp3) is 0.222. The summed E-state index contributed by atoms with van der Waals surface area (Å²) in [5, 5.41) is 3.05. The van der Waals surface area contributed by atoms with Gasteiger partial charge in [-0.3, -0.25) is 0 Å². The summed E-state index contributed by atoms with van der Waals surface area (Å²) >= 11 is 3.30. The van der Waals surface area contributed by atoms with E-state index in [1.807, 2.05) is 19.1 Å². The lowest BCUT2D eigenvalue weighted by molar-refractivity contribution is 1.01. The first kappa shape index (κ1) is 9.08. The molecule has 0 aliphatic heterocycles. The Labute approximate surface area is 80.5 Å². The van der Waals surface area contributed by atoms with Gasteiger partial charge >= 0.3 is 0 Å². The zero-order chi connectivity index (χ0) is 8.97. The number of nitrogens with zero attached hydrogens (tertiary/aromatic N) is 1. The van der Waals surface area contributed by atoms with Crippen molar-refractivity contribution in [1.82, 2.24) is 4.98 Å². The number of hydrogen-bond donors (Lipinski definition) is 1. The molecular weight excluding hydrogens is 216 g/mol. The summed E-state index contributed by atoms with van der Waals surface area (Å²) < 4.78 is 0.960. The Kier molecular flexibility index (Phi) is 3.12. The van der Waals surface area contributed by atoms with Gasteiger partial charge in [-0.05, 0) is 35.0 Å². The van der Waals surface area contributed by atoms with Gasteiger partial charge < -0.3 is 5.32 Å². The van der Waals surface area contributed by atoms with E-state index in [1.165, 1.54) is 0 Å². The minimum Gasteiger partial charge on any atom is -0.357 e. The molecule has 62 valence electrons. The van der Waals surface area contributed by atoms with E-state index in [4.69, 9.17) is 6.42 Å². The van der Waals surface area contributed by atoms with Gasteiger partial charge in [0.15, 0.2) is 0 Å². The average Bonchev–Trinajstić information content (AvgIpc) is 2.09. The lowest BCUT2D eigenvalue weighted by Gasteiger charge is -2.07. The molecule has 0 fully saturated rings. The molecule has 0 bridgehead atoms. The Hall–Kier alpha value is -1.01. The zero-order valence-electron chi connectivity index (χ0n) is 6.71. The summed E-state index contributed by atoms with van der Waals surface area (Å²) in [7, 11) is 0. The molecule has 1 aromatic heterocycles. The quantitative estimate of drug-likeness (QED) is 0.781. The highest BCUT2D eigenvalue weighted by Crippen LogP contribution is 2.10. The van der Waals surface area contributed by atoms with E-state index in [2.05, 4.69) is 32.2 Å². The van der Waals surface area contributed by atoms with Gasteiger partial charge in [-0.1, -0.05) is 5.92 Å². The molecule has 1 aromatic rings. The van der Waals surface area contributed by atoms with Crippen molar-refractivity contribution in [3.05, 3.63) is 22.8 Å². The Morgan fingerprint density at radius 2 is 2.42 bits per heavy atom. The van der Waals surface area contributed by atoms with Crippen LogP contribution >= 0.6 is 15.9 Å². The predicted molar refractivity (Wildman–Crippen MR) is 53.9 cm³/mol. The van der Waals surface area contributed by atoms with Crippen molar-refractivity contribution in [2.24, 2.45) is 0 Å². The molecule has 1 atom stereocenters. The minimum absolute atomic E-state index is 0.0127. The van der Waals surface area contributed by atoms with Gasteiger partial charge in [0.25, 0.3) is 0 Å². The molecule has 1 heterocycles. The van der Waals surface area contributed by atoms with Crippen LogP contribution in [0.5, 0.6) is 0 Å². The van der Waals surface area contributed by atoms with Crippen molar-refractivity contribution in [2.45, 2.75) is 13.0 Å². The molecule has 1 rings (SSSR count). The normalized spacial score (nSPS) is 11.8. The average molecular weight is 225 g/mol. The van der Waals surface area contributed by atoms with Crippen LogP contribution in [0.2, 0.25) is 0 Å². The van der Waals surface area contributed by atoms with Crippen LogP contribution in [0, 0.1) is 12.3 Å². The maximum absolute atomic E-state index is 5.20. The number of hydrogen-bond acceptors (Lipinski definition) is 2. The monoisotopic (exact) mass is 224 g/mol. The largest absolute Gasteiger partial charge is 0.357 e. The molecule has 12 heavy (non-hydrogen) atoms. The Morgan fingerprint density at radius 3 is 2.92 bits per heavy atom. The van der Waals surface area contributed by atoms with E-state index in [0.29, 0.717) is 0 Å². The smallest absolute Gasteiger partial charge is 0.126 e. The summed E-state index contributed by atoms with van der Waals surface area (Å²) in [5.41, 5.74) is 0. The number of terminal acetylenes is 1. The topological polar surface area (TPSA) is 24.9 Å². The van der Waals surface area contributed by atoms with Gasteiger partial charge in [0.05, 0.1) is 6.04 Å². The predicted octanol–water partition coefficient (Wildman–Crippen LogP) is 2.28. The molecule has 0 aliphatic carbocycles. The van der Waals surface area contributed by atoms with E-state index >= 15 is 0 Å².